The molecule has 0 aromatic heterocycles. The summed E-state index contributed by atoms with van der Waals surface area (Å²) in [6.45, 7) is 0.0309. The average molecular weight is 399 g/mol. The number of allylic oxidation sites excluding steroid dienone is 2. The van der Waals surface area contributed by atoms with Crippen molar-refractivity contribution in [2.24, 2.45) is 5.92 Å². The summed E-state index contributed by atoms with van der Waals surface area (Å²) in [5.74, 6) is 0.995. The van der Waals surface area contributed by atoms with Crippen molar-refractivity contribution in [3.8, 4) is 11.8 Å². The molecule has 0 spiro atoms. The Labute approximate surface area is 154 Å². The van der Waals surface area contributed by atoms with Gasteiger partial charge in [0.15, 0.2) is 6.61 Å². The van der Waals surface area contributed by atoms with Crippen LogP contribution in [0.5, 0.6) is 5.75 Å². The molecule has 0 radical (unpaired) electrons. The molecule has 0 fully saturated rings. The van der Waals surface area contributed by atoms with Gasteiger partial charge in [0.2, 0.25) is 0 Å². The molecular formula is C20H16BrFN2O. The summed E-state index contributed by atoms with van der Waals surface area (Å²) in [6.07, 6.45) is 5.33. The molecular weight excluding hydrogens is 383 g/mol. The first-order chi connectivity index (χ1) is 12.2. The van der Waals surface area contributed by atoms with Gasteiger partial charge in [-0.3, -0.25) is 0 Å². The third-order valence-corrected chi connectivity index (χ3v) is 5.39. The third-order valence-electron chi connectivity index (χ3n) is 4.93. The van der Waals surface area contributed by atoms with E-state index in [2.05, 4.69) is 33.4 Å². The summed E-state index contributed by atoms with van der Waals surface area (Å²) in [4.78, 5) is 0. The number of fused-ring (bicyclic) bond motifs is 3. The van der Waals surface area contributed by atoms with Crippen molar-refractivity contribution in [2.75, 3.05) is 11.9 Å². The minimum atomic E-state index is -0.234. The first-order valence-electron chi connectivity index (χ1n) is 8.19. The zero-order chi connectivity index (χ0) is 17.4. The maximum absolute atomic E-state index is 14.5. The van der Waals surface area contributed by atoms with Gasteiger partial charge in [0.05, 0.1) is 11.7 Å². The molecule has 2 aliphatic rings. The van der Waals surface area contributed by atoms with Crippen LogP contribution in [0.4, 0.5) is 10.1 Å². The molecule has 25 heavy (non-hydrogen) atoms. The van der Waals surface area contributed by atoms with E-state index in [9.17, 15) is 4.39 Å². The van der Waals surface area contributed by atoms with Gasteiger partial charge < -0.3 is 10.1 Å². The van der Waals surface area contributed by atoms with Crippen molar-refractivity contribution in [2.45, 2.75) is 18.4 Å². The van der Waals surface area contributed by atoms with E-state index >= 15 is 0 Å². The normalized spacial score (nSPS) is 23.3. The SMILES string of the molecule is N#CCOc1ccc([C@H]2Nc3c(F)cc(Br)cc3C3C=CCC32)cc1. The van der Waals surface area contributed by atoms with E-state index in [4.69, 9.17) is 10.00 Å². The van der Waals surface area contributed by atoms with Gasteiger partial charge in [-0.15, -0.1) is 0 Å². The molecule has 4 rings (SSSR count). The molecule has 3 nitrogen and oxygen atoms in total. The Bertz CT molecular complexity index is 873. The van der Waals surface area contributed by atoms with Crippen LogP contribution in [-0.4, -0.2) is 6.61 Å². The fraction of sp³-hybridized carbons (Fsp3) is 0.250. The maximum Gasteiger partial charge on any atom is 0.174 e. The lowest BCUT2D eigenvalue weighted by atomic mass is 9.77. The Morgan fingerprint density at radius 3 is 2.84 bits per heavy atom. The highest BCUT2D eigenvalue weighted by atomic mass is 79.9. The average Bonchev–Trinajstić information content (AvgIpc) is 3.10. The molecule has 1 aliphatic carbocycles. The summed E-state index contributed by atoms with van der Waals surface area (Å²) in [5.41, 5.74) is 2.69. The van der Waals surface area contributed by atoms with Gasteiger partial charge >= 0.3 is 0 Å². The quantitative estimate of drug-likeness (QED) is 0.711. The predicted octanol–water partition coefficient (Wildman–Crippen LogP) is 5.32. The topological polar surface area (TPSA) is 45.0 Å². The number of nitrogens with zero attached hydrogens (tertiary/aromatic N) is 1. The molecule has 2 aromatic carbocycles. The molecule has 5 heteroatoms. The lowest BCUT2D eigenvalue weighted by Crippen LogP contribution is -2.29. The maximum atomic E-state index is 14.5. The fourth-order valence-electron chi connectivity index (χ4n) is 3.84. The largest absolute Gasteiger partial charge is 0.479 e. The Kier molecular flexibility index (Phi) is 4.22. The van der Waals surface area contributed by atoms with Crippen LogP contribution in [0.1, 0.15) is 29.5 Å². The Morgan fingerprint density at radius 2 is 2.08 bits per heavy atom. The minimum Gasteiger partial charge on any atom is -0.479 e. The number of anilines is 1. The first-order valence-corrected chi connectivity index (χ1v) is 8.98. The molecule has 0 amide bonds. The van der Waals surface area contributed by atoms with Crippen molar-refractivity contribution in [3.63, 3.8) is 0 Å². The molecule has 1 aliphatic heterocycles. The Balaban J connectivity index is 1.68. The van der Waals surface area contributed by atoms with Crippen molar-refractivity contribution in [1.29, 1.82) is 5.26 Å². The lowest BCUT2D eigenvalue weighted by molar-refractivity contribution is 0.367. The van der Waals surface area contributed by atoms with Crippen LogP contribution in [0.3, 0.4) is 0 Å². The number of nitriles is 1. The van der Waals surface area contributed by atoms with Gasteiger partial charge in [-0.2, -0.15) is 5.26 Å². The van der Waals surface area contributed by atoms with Crippen LogP contribution in [0.2, 0.25) is 0 Å². The van der Waals surface area contributed by atoms with Gasteiger partial charge in [0.25, 0.3) is 0 Å². The van der Waals surface area contributed by atoms with Crippen LogP contribution in [-0.2, 0) is 0 Å². The second-order valence-corrected chi connectivity index (χ2v) is 7.26. The lowest BCUT2D eigenvalue weighted by Gasteiger charge is -2.37. The first kappa shape index (κ1) is 16.2. The number of ether oxygens (including phenoxy) is 1. The third kappa shape index (κ3) is 2.91. The summed E-state index contributed by atoms with van der Waals surface area (Å²) in [5, 5.41) is 12.0. The zero-order valence-corrected chi connectivity index (χ0v) is 15.0. The van der Waals surface area contributed by atoms with E-state index in [-0.39, 0.29) is 24.4 Å². The number of halogens is 2. The summed E-state index contributed by atoms with van der Waals surface area (Å²) in [6, 6.07) is 13.2. The Hall–Kier alpha value is -2.32. The molecule has 126 valence electrons. The molecule has 1 N–H and O–H groups in total. The molecule has 3 atom stereocenters. The van der Waals surface area contributed by atoms with Gasteiger partial charge in [0.1, 0.15) is 17.6 Å². The highest BCUT2D eigenvalue weighted by Crippen LogP contribution is 2.51. The van der Waals surface area contributed by atoms with Crippen molar-refractivity contribution in [3.05, 3.63) is 70.0 Å². The van der Waals surface area contributed by atoms with Crippen molar-refractivity contribution in [1.82, 2.24) is 0 Å². The van der Waals surface area contributed by atoms with Crippen molar-refractivity contribution >= 4 is 21.6 Å². The van der Waals surface area contributed by atoms with E-state index < -0.39 is 0 Å². The van der Waals surface area contributed by atoms with E-state index in [1.54, 1.807) is 0 Å². The standard InChI is InChI=1S/C20H16BrFN2O/c21-13-10-17-15-2-1-3-16(15)19(24-20(17)18(22)11-13)12-4-6-14(7-5-12)25-9-8-23/h1-2,4-7,10-11,15-16,19,24H,3,9H2/t15?,16?,19-/m1/s1. The van der Waals surface area contributed by atoms with Gasteiger partial charge in [0, 0.05) is 10.4 Å². The monoisotopic (exact) mass is 398 g/mol. The smallest absolute Gasteiger partial charge is 0.174 e. The summed E-state index contributed by atoms with van der Waals surface area (Å²) >= 11 is 3.40. The van der Waals surface area contributed by atoms with E-state index in [1.165, 1.54) is 6.07 Å². The molecule has 2 unspecified atom stereocenters. The van der Waals surface area contributed by atoms with Crippen LogP contribution >= 0.6 is 15.9 Å². The number of nitrogens with one attached hydrogen (secondary N) is 1. The second-order valence-electron chi connectivity index (χ2n) is 6.34. The number of benzene rings is 2. The highest BCUT2D eigenvalue weighted by molar-refractivity contribution is 9.10. The zero-order valence-electron chi connectivity index (χ0n) is 13.4. The van der Waals surface area contributed by atoms with E-state index in [1.807, 2.05) is 36.4 Å². The summed E-state index contributed by atoms with van der Waals surface area (Å²) < 4.78 is 20.6. The molecule has 0 bridgehead atoms. The predicted molar refractivity (Wildman–Crippen MR) is 98.0 cm³/mol. The number of rotatable bonds is 3. The van der Waals surface area contributed by atoms with Crippen LogP contribution in [0.15, 0.2) is 53.0 Å². The molecule has 0 saturated carbocycles. The minimum absolute atomic E-state index is 0.0309. The summed E-state index contributed by atoms with van der Waals surface area (Å²) in [7, 11) is 0. The van der Waals surface area contributed by atoms with Crippen LogP contribution < -0.4 is 10.1 Å². The highest BCUT2D eigenvalue weighted by Gasteiger charge is 2.39. The van der Waals surface area contributed by atoms with Crippen LogP contribution in [0.25, 0.3) is 0 Å². The van der Waals surface area contributed by atoms with Gasteiger partial charge in [-0.1, -0.05) is 40.2 Å². The molecule has 0 saturated heterocycles. The Morgan fingerprint density at radius 1 is 1.28 bits per heavy atom. The van der Waals surface area contributed by atoms with Gasteiger partial charge in [-0.05, 0) is 47.7 Å². The van der Waals surface area contributed by atoms with Gasteiger partial charge in [-0.25, -0.2) is 4.39 Å². The molecule has 1 heterocycles. The number of hydrogen-bond acceptors (Lipinski definition) is 3. The number of hydrogen-bond donors (Lipinski definition) is 1. The fourth-order valence-corrected chi connectivity index (χ4v) is 4.29. The van der Waals surface area contributed by atoms with E-state index in [0.717, 1.165) is 22.0 Å². The van der Waals surface area contributed by atoms with Crippen LogP contribution in [0, 0.1) is 23.1 Å². The second kappa shape index (κ2) is 6.53. The molecule has 2 aromatic rings. The van der Waals surface area contributed by atoms with Crippen molar-refractivity contribution < 1.29 is 9.13 Å². The van der Waals surface area contributed by atoms with E-state index in [0.29, 0.717) is 17.4 Å².